The van der Waals surface area contributed by atoms with Crippen LogP contribution in [0.3, 0.4) is 0 Å². The summed E-state index contributed by atoms with van der Waals surface area (Å²) in [4.78, 5) is 20.1. The summed E-state index contributed by atoms with van der Waals surface area (Å²) >= 11 is 5.73. The van der Waals surface area contributed by atoms with Gasteiger partial charge in [0.1, 0.15) is 11.5 Å². The molecule has 1 fully saturated rings. The fourth-order valence-corrected chi connectivity index (χ4v) is 2.42. The van der Waals surface area contributed by atoms with E-state index in [1.165, 1.54) is 12.1 Å². The first-order valence-corrected chi connectivity index (χ1v) is 6.93. The molecule has 1 saturated heterocycles. The Bertz CT molecular complexity index is 426. The Balaban J connectivity index is 1.98. The van der Waals surface area contributed by atoms with Gasteiger partial charge in [-0.25, -0.2) is 9.37 Å². The molecule has 0 atom stereocenters. The van der Waals surface area contributed by atoms with Crippen LogP contribution >= 0.6 is 11.6 Å². The van der Waals surface area contributed by atoms with E-state index in [9.17, 15) is 9.18 Å². The lowest BCUT2D eigenvalue weighted by Gasteiger charge is -2.21. The van der Waals surface area contributed by atoms with Gasteiger partial charge < -0.3 is 9.80 Å². The number of carbonyl (C=O) groups excluding carboxylic acids is 1. The summed E-state index contributed by atoms with van der Waals surface area (Å²) in [6, 6.07) is 2.69. The molecule has 0 unspecified atom stereocenters. The molecule has 0 radical (unpaired) electrons. The van der Waals surface area contributed by atoms with E-state index in [0.29, 0.717) is 24.7 Å². The van der Waals surface area contributed by atoms with Gasteiger partial charge in [0.25, 0.3) is 5.91 Å². The van der Waals surface area contributed by atoms with E-state index >= 15 is 0 Å². The number of amides is 1. The Morgan fingerprint density at radius 3 is 2.84 bits per heavy atom. The van der Waals surface area contributed by atoms with Gasteiger partial charge >= 0.3 is 0 Å². The number of halogens is 2. The van der Waals surface area contributed by atoms with Crippen LogP contribution in [0.4, 0.5) is 4.39 Å². The fourth-order valence-electron chi connectivity index (χ4n) is 2.18. The third-order valence-corrected chi connectivity index (χ3v) is 3.39. The minimum absolute atomic E-state index is 0.132. The van der Waals surface area contributed by atoms with E-state index in [0.717, 1.165) is 32.3 Å². The summed E-state index contributed by atoms with van der Waals surface area (Å²) in [5.41, 5.74) is 0.298. The normalized spacial score (nSPS) is 17.3. The van der Waals surface area contributed by atoms with Gasteiger partial charge in [-0.05, 0) is 25.1 Å². The van der Waals surface area contributed by atoms with Crippen molar-refractivity contribution >= 4 is 17.5 Å². The molecule has 0 N–H and O–H groups in total. The van der Waals surface area contributed by atoms with E-state index < -0.39 is 5.82 Å². The highest BCUT2D eigenvalue weighted by atomic mass is 35.5. The largest absolute Gasteiger partial charge is 0.336 e. The maximum atomic E-state index is 12.8. The Kier molecular flexibility index (Phi) is 5.10. The van der Waals surface area contributed by atoms with Gasteiger partial charge in [0.05, 0.1) is 6.20 Å². The molecule has 2 rings (SSSR count). The van der Waals surface area contributed by atoms with Crippen LogP contribution in [-0.2, 0) is 0 Å². The first-order valence-electron chi connectivity index (χ1n) is 6.40. The molecule has 1 aliphatic rings. The molecule has 1 aromatic heterocycles. The van der Waals surface area contributed by atoms with Gasteiger partial charge in [-0.3, -0.25) is 4.79 Å². The molecule has 4 nitrogen and oxygen atoms in total. The summed E-state index contributed by atoms with van der Waals surface area (Å²) in [5, 5.41) is 0. The molecule has 1 amide bonds. The molecule has 104 valence electrons. The van der Waals surface area contributed by atoms with Gasteiger partial charge in [-0.1, -0.05) is 0 Å². The standard InChI is InChI=1S/C13H17ClFN3O/c14-4-7-17-5-1-6-18(9-8-17)13(19)12-3-2-11(15)10-16-12/h2-3,10H,1,4-9H2. The molecule has 6 heteroatoms. The van der Waals surface area contributed by atoms with E-state index in [1.54, 1.807) is 4.90 Å². The summed E-state index contributed by atoms with van der Waals surface area (Å²) < 4.78 is 12.8. The number of aromatic nitrogens is 1. The predicted molar refractivity (Wildman–Crippen MR) is 71.9 cm³/mol. The lowest BCUT2D eigenvalue weighted by Crippen LogP contribution is -2.36. The van der Waals surface area contributed by atoms with Crippen molar-refractivity contribution in [2.45, 2.75) is 6.42 Å². The Morgan fingerprint density at radius 2 is 2.16 bits per heavy atom. The molecule has 0 aliphatic carbocycles. The number of pyridine rings is 1. The van der Waals surface area contributed by atoms with E-state index in [4.69, 9.17) is 11.6 Å². The minimum Gasteiger partial charge on any atom is -0.336 e. The van der Waals surface area contributed by atoms with E-state index in [2.05, 4.69) is 9.88 Å². The van der Waals surface area contributed by atoms with Crippen LogP contribution in [0.5, 0.6) is 0 Å². The molecule has 0 bridgehead atoms. The highest BCUT2D eigenvalue weighted by Crippen LogP contribution is 2.08. The fraction of sp³-hybridized carbons (Fsp3) is 0.538. The molecule has 0 aromatic carbocycles. The molecule has 19 heavy (non-hydrogen) atoms. The van der Waals surface area contributed by atoms with Crippen LogP contribution < -0.4 is 0 Å². The second-order valence-electron chi connectivity index (χ2n) is 4.54. The van der Waals surface area contributed by atoms with Gasteiger partial charge in [-0.15, -0.1) is 11.6 Å². The second kappa shape index (κ2) is 6.82. The highest BCUT2D eigenvalue weighted by Gasteiger charge is 2.20. The summed E-state index contributed by atoms with van der Waals surface area (Å²) in [5.74, 6) is 0.0430. The first kappa shape index (κ1) is 14.2. The number of hydrogen-bond donors (Lipinski definition) is 0. The zero-order chi connectivity index (χ0) is 13.7. The number of alkyl halides is 1. The monoisotopic (exact) mass is 285 g/mol. The van der Waals surface area contributed by atoms with Crippen molar-refractivity contribution in [1.82, 2.24) is 14.8 Å². The van der Waals surface area contributed by atoms with Gasteiger partial charge in [0.15, 0.2) is 0 Å². The maximum Gasteiger partial charge on any atom is 0.272 e. The van der Waals surface area contributed by atoms with Gasteiger partial charge in [0, 0.05) is 32.1 Å². The first-order chi connectivity index (χ1) is 9.20. The van der Waals surface area contributed by atoms with Crippen LogP contribution in [-0.4, -0.2) is 59.3 Å². The molecule has 0 spiro atoms. The van der Waals surface area contributed by atoms with Gasteiger partial charge in [0.2, 0.25) is 0 Å². The van der Waals surface area contributed by atoms with Crippen molar-refractivity contribution in [1.29, 1.82) is 0 Å². The third kappa shape index (κ3) is 3.88. The third-order valence-electron chi connectivity index (χ3n) is 3.22. The van der Waals surface area contributed by atoms with E-state index in [1.807, 2.05) is 0 Å². The van der Waals surface area contributed by atoms with Crippen molar-refractivity contribution in [3.63, 3.8) is 0 Å². The molecular weight excluding hydrogens is 269 g/mol. The molecule has 1 aromatic rings. The maximum absolute atomic E-state index is 12.8. The average Bonchev–Trinajstić information content (AvgIpc) is 2.65. The quantitative estimate of drug-likeness (QED) is 0.792. The second-order valence-corrected chi connectivity index (χ2v) is 4.92. The van der Waals surface area contributed by atoms with E-state index in [-0.39, 0.29) is 5.91 Å². The lowest BCUT2D eigenvalue weighted by atomic mass is 10.3. The summed E-state index contributed by atoms with van der Waals surface area (Å²) in [6.45, 7) is 3.98. The minimum atomic E-state index is -0.430. The van der Waals surface area contributed by atoms with Crippen molar-refractivity contribution in [2.75, 3.05) is 38.6 Å². The number of carbonyl (C=O) groups is 1. The van der Waals surface area contributed by atoms with Crippen molar-refractivity contribution < 1.29 is 9.18 Å². The van der Waals surface area contributed by atoms with Crippen LogP contribution in [0.2, 0.25) is 0 Å². The van der Waals surface area contributed by atoms with Crippen LogP contribution in [0.1, 0.15) is 16.9 Å². The molecule has 1 aliphatic heterocycles. The Labute approximate surface area is 117 Å². The number of hydrogen-bond acceptors (Lipinski definition) is 3. The Hall–Kier alpha value is -1.20. The molecule has 2 heterocycles. The number of nitrogens with zero attached hydrogens (tertiary/aromatic N) is 3. The van der Waals surface area contributed by atoms with Gasteiger partial charge in [-0.2, -0.15) is 0 Å². The lowest BCUT2D eigenvalue weighted by molar-refractivity contribution is 0.0756. The van der Waals surface area contributed by atoms with Crippen molar-refractivity contribution in [3.05, 3.63) is 29.8 Å². The topological polar surface area (TPSA) is 36.4 Å². The predicted octanol–water partition coefficient (Wildman–Crippen LogP) is 1.61. The van der Waals surface area contributed by atoms with Crippen molar-refractivity contribution in [2.24, 2.45) is 0 Å². The molecule has 0 saturated carbocycles. The van der Waals surface area contributed by atoms with Crippen LogP contribution in [0, 0.1) is 5.82 Å². The zero-order valence-electron chi connectivity index (χ0n) is 10.7. The summed E-state index contributed by atoms with van der Waals surface area (Å²) in [6.07, 6.45) is 1.99. The zero-order valence-corrected chi connectivity index (χ0v) is 11.4. The smallest absolute Gasteiger partial charge is 0.272 e. The SMILES string of the molecule is O=C(c1ccc(F)cn1)N1CCCN(CCCl)CC1. The van der Waals surface area contributed by atoms with Crippen LogP contribution in [0.25, 0.3) is 0 Å². The van der Waals surface area contributed by atoms with Crippen molar-refractivity contribution in [3.8, 4) is 0 Å². The molecular formula is C13H17ClFN3O. The number of rotatable bonds is 3. The Morgan fingerprint density at radius 1 is 1.32 bits per heavy atom. The highest BCUT2D eigenvalue weighted by molar-refractivity contribution is 6.18. The van der Waals surface area contributed by atoms with Crippen LogP contribution in [0.15, 0.2) is 18.3 Å². The summed E-state index contributed by atoms with van der Waals surface area (Å²) in [7, 11) is 0. The average molecular weight is 286 g/mol.